The first kappa shape index (κ1) is 16.7. The molecule has 5 heteroatoms. The Hall–Kier alpha value is -0.320. The Kier molecular flexibility index (Phi) is 8.56. The van der Waals surface area contributed by atoms with Crippen LogP contribution in [0.5, 0.6) is 0 Å². The minimum absolute atomic E-state index is 0. The molecule has 1 aliphatic rings. The number of halogens is 1. The zero-order valence-electron chi connectivity index (χ0n) is 10.9. The number of hydrogen-bond acceptors (Lipinski definition) is 3. The van der Waals surface area contributed by atoms with E-state index in [4.69, 9.17) is 5.73 Å². The SMILES string of the molecule is CC1CCN(CCCNC(=O)C(C)N)CC1.Cl. The number of piperidine rings is 1. The van der Waals surface area contributed by atoms with Gasteiger partial charge < -0.3 is 16.0 Å². The molecular weight excluding hydrogens is 238 g/mol. The van der Waals surface area contributed by atoms with Crippen molar-refractivity contribution < 1.29 is 4.79 Å². The topological polar surface area (TPSA) is 58.4 Å². The first-order valence-corrected chi connectivity index (χ1v) is 6.35. The van der Waals surface area contributed by atoms with Gasteiger partial charge in [-0.2, -0.15) is 0 Å². The summed E-state index contributed by atoms with van der Waals surface area (Å²) < 4.78 is 0. The van der Waals surface area contributed by atoms with E-state index in [9.17, 15) is 4.79 Å². The molecule has 1 fully saturated rings. The van der Waals surface area contributed by atoms with Crippen LogP contribution in [0.1, 0.15) is 33.1 Å². The van der Waals surface area contributed by atoms with Gasteiger partial charge in [-0.1, -0.05) is 6.92 Å². The molecule has 1 saturated heterocycles. The monoisotopic (exact) mass is 263 g/mol. The molecule has 0 saturated carbocycles. The molecule has 0 bridgehead atoms. The summed E-state index contributed by atoms with van der Waals surface area (Å²) in [5.41, 5.74) is 5.45. The molecule has 1 rings (SSSR count). The third kappa shape index (κ3) is 6.86. The van der Waals surface area contributed by atoms with Gasteiger partial charge in [0.1, 0.15) is 0 Å². The van der Waals surface area contributed by atoms with E-state index < -0.39 is 6.04 Å². The largest absolute Gasteiger partial charge is 0.355 e. The van der Waals surface area contributed by atoms with Gasteiger partial charge in [0.15, 0.2) is 0 Å². The van der Waals surface area contributed by atoms with E-state index >= 15 is 0 Å². The van der Waals surface area contributed by atoms with Crippen molar-refractivity contribution in [3.8, 4) is 0 Å². The van der Waals surface area contributed by atoms with E-state index in [-0.39, 0.29) is 18.3 Å². The average molecular weight is 264 g/mol. The Morgan fingerprint density at radius 1 is 1.47 bits per heavy atom. The van der Waals surface area contributed by atoms with Crippen molar-refractivity contribution in [1.82, 2.24) is 10.2 Å². The standard InChI is InChI=1S/C12H25N3O.ClH/c1-10-4-8-15(9-5-10)7-3-6-14-12(16)11(2)13;/h10-11H,3-9,13H2,1-2H3,(H,14,16);1H. The van der Waals surface area contributed by atoms with E-state index in [1.54, 1.807) is 6.92 Å². The second kappa shape index (κ2) is 8.72. The van der Waals surface area contributed by atoms with Crippen LogP contribution in [0.25, 0.3) is 0 Å². The summed E-state index contributed by atoms with van der Waals surface area (Å²) in [7, 11) is 0. The molecule has 0 aromatic heterocycles. The minimum Gasteiger partial charge on any atom is -0.355 e. The molecule has 1 unspecified atom stereocenters. The number of nitrogens with zero attached hydrogens (tertiary/aromatic N) is 1. The molecule has 102 valence electrons. The first-order chi connectivity index (χ1) is 7.59. The van der Waals surface area contributed by atoms with Gasteiger partial charge in [-0.15, -0.1) is 12.4 Å². The van der Waals surface area contributed by atoms with E-state index in [0.717, 1.165) is 25.4 Å². The van der Waals surface area contributed by atoms with Crippen molar-refractivity contribution in [3.05, 3.63) is 0 Å². The predicted molar refractivity (Wildman–Crippen MR) is 73.4 cm³/mol. The molecule has 0 spiro atoms. The maximum absolute atomic E-state index is 11.2. The normalized spacial score (nSPS) is 19.5. The van der Waals surface area contributed by atoms with Crippen LogP contribution in [0.2, 0.25) is 0 Å². The van der Waals surface area contributed by atoms with E-state index in [1.165, 1.54) is 25.9 Å². The Morgan fingerprint density at radius 3 is 2.59 bits per heavy atom. The molecule has 1 amide bonds. The second-order valence-corrected chi connectivity index (χ2v) is 4.96. The van der Waals surface area contributed by atoms with Crippen LogP contribution in [0.4, 0.5) is 0 Å². The minimum atomic E-state index is -0.393. The summed E-state index contributed by atoms with van der Waals surface area (Å²) in [5, 5.41) is 2.84. The Morgan fingerprint density at radius 2 is 2.06 bits per heavy atom. The fourth-order valence-electron chi connectivity index (χ4n) is 1.96. The van der Waals surface area contributed by atoms with Crippen LogP contribution in [0.15, 0.2) is 0 Å². The molecule has 3 N–H and O–H groups in total. The maximum Gasteiger partial charge on any atom is 0.236 e. The number of amides is 1. The number of likely N-dealkylation sites (tertiary alicyclic amines) is 1. The molecule has 0 aromatic carbocycles. The first-order valence-electron chi connectivity index (χ1n) is 6.35. The van der Waals surface area contributed by atoms with Gasteiger partial charge >= 0.3 is 0 Å². The van der Waals surface area contributed by atoms with Crippen molar-refractivity contribution >= 4 is 18.3 Å². The molecular formula is C12H26ClN3O. The summed E-state index contributed by atoms with van der Waals surface area (Å²) in [6, 6.07) is -0.393. The second-order valence-electron chi connectivity index (χ2n) is 4.96. The van der Waals surface area contributed by atoms with Gasteiger partial charge in [0, 0.05) is 6.54 Å². The highest BCUT2D eigenvalue weighted by Gasteiger charge is 2.14. The molecule has 0 aromatic rings. The number of rotatable bonds is 5. The molecule has 4 nitrogen and oxygen atoms in total. The lowest BCUT2D eigenvalue weighted by Gasteiger charge is -2.30. The van der Waals surface area contributed by atoms with Crippen LogP contribution < -0.4 is 11.1 Å². The third-order valence-corrected chi connectivity index (χ3v) is 3.24. The summed E-state index contributed by atoms with van der Waals surface area (Å²) in [6.07, 6.45) is 3.64. The maximum atomic E-state index is 11.2. The fourth-order valence-corrected chi connectivity index (χ4v) is 1.96. The molecule has 17 heavy (non-hydrogen) atoms. The van der Waals surface area contributed by atoms with Gasteiger partial charge in [0.2, 0.25) is 5.91 Å². The highest BCUT2D eigenvalue weighted by molar-refractivity contribution is 5.85. The lowest BCUT2D eigenvalue weighted by atomic mass is 9.99. The highest BCUT2D eigenvalue weighted by Crippen LogP contribution is 2.15. The lowest BCUT2D eigenvalue weighted by molar-refractivity contribution is -0.121. The molecule has 0 aliphatic carbocycles. The Bertz CT molecular complexity index is 216. The number of nitrogens with two attached hydrogens (primary N) is 1. The van der Waals surface area contributed by atoms with Gasteiger partial charge in [-0.3, -0.25) is 4.79 Å². The van der Waals surface area contributed by atoms with Crippen molar-refractivity contribution in [2.75, 3.05) is 26.2 Å². The molecule has 1 atom stereocenters. The number of carbonyl (C=O) groups is 1. The van der Waals surface area contributed by atoms with Crippen molar-refractivity contribution in [1.29, 1.82) is 0 Å². The van der Waals surface area contributed by atoms with Gasteiger partial charge in [0.05, 0.1) is 6.04 Å². The zero-order valence-corrected chi connectivity index (χ0v) is 11.8. The average Bonchev–Trinajstić information content (AvgIpc) is 2.26. The molecule has 0 radical (unpaired) electrons. The summed E-state index contributed by atoms with van der Waals surface area (Å²) in [5.74, 6) is 0.835. The van der Waals surface area contributed by atoms with Crippen LogP contribution >= 0.6 is 12.4 Å². The number of carbonyl (C=O) groups excluding carboxylic acids is 1. The van der Waals surface area contributed by atoms with Crippen molar-refractivity contribution in [3.63, 3.8) is 0 Å². The number of hydrogen-bond donors (Lipinski definition) is 2. The van der Waals surface area contributed by atoms with Gasteiger partial charge in [-0.25, -0.2) is 0 Å². The van der Waals surface area contributed by atoms with E-state index in [2.05, 4.69) is 17.1 Å². The predicted octanol–water partition coefficient (Wildman–Crippen LogP) is 0.994. The quantitative estimate of drug-likeness (QED) is 0.728. The van der Waals surface area contributed by atoms with Crippen molar-refractivity contribution in [2.45, 2.75) is 39.2 Å². The summed E-state index contributed by atoms with van der Waals surface area (Å²) in [4.78, 5) is 13.7. The van der Waals surface area contributed by atoms with Crippen molar-refractivity contribution in [2.24, 2.45) is 11.7 Å². The number of nitrogens with one attached hydrogen (secondary N) is 1. The molecule has 1 aliphatic heterocycles. The van der Waals surface area contributed by atoms with Crippen LogP contribution in [0, 0.1) is 5.92 Å². The van der Waals surface area contributed by atoms with Crippen LogP contribution in [0.3, 0.4) is 0 Å². The van der Waals surface area contributed by atoms with E-state index in [1.807, 2.05) is 0 Å². The Labute approximate surface area is 111 Å². The van der Waals surface area contributed by atoms with Crippen LogP contribution in [-0.4, -0.2) is 43.0 Å². The van der Waals surface area contributed by atoms with E-state index in [0.29, 0.717) is 0 Å². The van der Waals surface area contributed by atoms with Crippen LogP contribution in [-0.2, 0) is 4.79 Å². The Balaban J connectivity index is 0.00000256. The van der Waals surface area contributed by atoms with Gasteiger partial charge in [0.25, 0.3) is 0 Å². The smallest absolute Gasteiger partial charge is 0.236 e. The summed E-state index contributed by atoms with van der Waals surface area (Å²) >= 11 is 0. The zero-order chi connectivity index (χ0) is 12.0. The lowest BCUT2D eigenvalue weighted by Crippen LogP contribution is -2.40. The highest BCUT2D eigenvalue weighted by atomic mass is 35.5. The fraction of sp³-hybridized carbons (Fsp3) is 0.917. The molecule has 1 heterocycles. The summed E-state index contributed by atoms with van der Waals surface area (Å²) in [6.45, 7) is 8.28. The third-order valence-electron chi connectivity index (χ3n) is 3.24. The van der Waals surface area contributed by atoms with Gasteiger partial charge in [-0.05, 0) is 51.7 Å².